The first kappa shape index (κ1) is 48.4. The number of hydrogen-bond donors (Lipinski definition) is 1. The SMILES string of the molecule is C1=CCN=C1.C1=CN=CC1.C1CCOCC1.C=C1CC(=O)CN1.c1ccccc1.c1ccncc1.c1ccnnc1.c1cncnc1.c1cnoc1.c1cscn1. The fourth-order valence-electron chi connectivity index (χ4n) is 3.44. The van der Waals surface area contributed by atoms with E-state index in [-0.39, 0.29) is 5.78 Å². The van der Waals surface area contributed by atoms with E-state index >= 15 is 0 Å². The van der Waals surface area contributed by atoms with Crippen LogP contribution in [0.3, 0.4) is 0 Å². The highest BCUT2D eigenvalue weighted by Crippen LogP contribution is 2.02. The summed E-state index contributed by atoms with van der Waals surface area (Å²) < 4.78 is 9.40. The number of nitrogens with one attached hydrogen (secondary N) is 1. The number of nitrogens with zero attached hydrogens (tertiary/aromatic N) is 9. The van der Waals surface area contributed by atoms with Gasteiger partial charge in [0.1, 0.15) is 12.6 Å². The molecular weight excluding hydrogens is 737 g/mol. The molecule has 1 N–H and O–H groups in total. The lowest BCUT2D eigenvalue weighted by Gasteiger charge is -2.08. The van der Waals surface area contributed by atoms with Crippen LogP contribution in [0.4, 0.5) is 0 Å². The minimum Gasteiger partial charge on any atom is -0.381 e. The van der Waals surface area contributed by atoms with Crippen molar-refractivity contribution < 1.29 is 14.1 Å². The highest BCUT2D eigenvalue weighted by molar-refractivity contribution is 7.07. The number of aliphatic imine (C=N–C) groups is 2. The molecule has 6 aromatic rings. The van der Waals surface area contributed by atoms with Crippen molar-refractivity contribution in [1.29, 1.82) is 0 Å². The van der Waals surface area contributed by atoms with Gasteiger partial charge in [-0.1, -0.05) is 66.4 Å². The Morgan fingerprint density at radius 2 is 1.35 bits per heavy atom. The quantitative estimate of drug-likeness (QED) is 0.157. The largest absolute Gasteiger partial charge is 0.381 e. The van der Waals surface area contributed by atoms with E-state index in [0.29, 0.717) is 13.0 Å². The van der Waals surface area contributed by atoms with Gasteiger partial charge in [-0.05, 0) is 61.7 Å². The number of hydrogen-bond acceptors (Lipinski definition) is 14. The first-order valence-electron chi connectivity index (χ1n) is 18.0. The molecule has 4 aliphatic rings. The number of carbonyl (C=O) groups is 1. The van der Waals surface area contributed by atoms with E-state index in [9.17, 15) is 4.79 Å². The predicted molar refractivity (Wildman–Crippen MR) is 230 cm³/mol. The second kappa shape index (κ2) is 42.1. The van der Waals surface area contributed by atoms with Crippen LogP contribution in [0, 0.1) is 0 Å². The molecule has 14 heteroatoms. The molecule has 1 aromatic carbocycles. The van der Waals surface area contributed by atoms with Crippen molar-refractivity contribution in [3.8, 4) is 0 Å². The number of rotatable bonds is 0. The van der Waals surface area contributed by atoms with Crippen LogP contribution in [-0.4, -0.2) is 79.8 Å². The van der Waals surface area contributed by atoms with Crippen molar-refractivity contribution in [3.63, 3.8) is 0 Å². The maximum absolute atomic E-state index is 10.3. The summed E-state index contributed by atoms with van der Waals surface area (Å²) in [6, 6.07) is 24.9. The minimum atomic E-state index is 0.241. The number of thiazole rings is 1. The fourth-order valence-corrected chi connectivity index (χ4v) is 3.79. The molecule has 0 aliphatic carbocycles. The van der Waals surface area contributed by atoms with Crippen LogP contribution in [0.5, 0.6) is 0 Å². The monoisotopic (exact) mass is 788 g/mol. The smallest absolute Gasteiger partial charge is 0.157 e. The van der Waals surface area contributed by atoms with Crippen molar-refractivity contribution in [2.24, 2.45) is 9.98 Å². The molecule has 0 amide bonds. The van der Waals surface area contributed by atoms with Crippen LogP contribution in [0.15, 0.2) is 203 Å². The molecule has 2 saturated heterocycles. The lowest BCUT2D eigenvalue weighted by atomic mass is 10.2. The first-order valence-corrected chi connectivity index (χ1v) is 19.0. The molecule has 2 fully saturated rings. The van der Waals surface area contributed by atoms with Crippen LogP contribution in [0.25, 0.3) is 0 Å². The molecule has 5 aromatic heterocycles. The molecule has 0 unspecified atom stereocenters. The Kier molecular flexibility index (Phi) is 35.7. The normalized spacial score (nSPS) is 12.8. The van der Waals surface area contributed by atoms with Gasteiger partial charge in [0.05, 0.1) is 24.8 Å². The molecule has 0 spiro atoms. The summed E-state index contributed by atoms with van der Waals surface area (Å²) in [5.41, 5.74) is 2.64. The van der Waals surface area contributed by atoms with Gasteiger partial charge in [-0.25, -0.2) is 9.97 Å². The Hall–Kier alpha value is -6.64. The van der Waals surface area contributed by atoms with Crippen molar-refractivity contribution in [2.75, 3.05) is 26.3 Å². The molecule has 57 heavy (non-hydrogen) atoms. The Balaban J connectivity index is 0.000000317. The number of Topliss-reactive ketones (excluding diaryl/α,β-unsaturated/α-hetero) is 1. The molecule has 298 valence electrons. The summed E-state index contributed by atoms with van der Waals surface area (Å²) in [5.74, 6) is 0.241. The van der Waals surface area contributed by atoms with Crippen LogP contribution in [0.2, 0.25) is 0 Å². The van der Waals surface area contributed by atoms with E-state index < -0.39 is 0 Å². The Labute approximate surface area is 340 Å². The highest BCUT2D eigenvalue weighted by atomic mass is 32.1. The van der Waals surface area contributed by atoms with Gasteiger partial charge in [0.15, 0.2) is 5.78 Å². The lowest BCUT2D eigenvalue weighted by Crippen LogP contribution is -2.06. The van der Waals surface area contributed by atoms with Crippen LogP contribution >= 0.6 is 11.3 Å². The fraction of sp³-hybridized carbons (Fsp3) is 0.209. The maximum atomic E-state index is 10.3. The summed E-state index contributed by atoms with van der Waals surface area (Å²) in [6.07, 6.45) is 33.5. The van der Waals surface area contributed by atoms with Gasteiger partial charge in [-0.2, -0.15) is 10.2 Å². The second-order valence-corrected chi connectivity index (χ2v) is 11.4. The zero-order chi connectivity index (χ0) is 40.6. The van der Waals surface area contributed by atoms with Crippen molar-refractivity contribution in [3.05, 3.63) is 189 Å². The number of ketones is 1. The molecule has 4 aliphatic heterocycles. The van der Waals surface area contributed by atoms with Crippen LogP contribution in [0.1, 0.15) is 32.1 Å². The van der Waals surface area contributed by atoms with Gasteiger partial charge in [0.25, 0.3) is 0 Å². The van der Waals surface area contributed by atoms with Crippen LogP contribution in [-0.2, 0) is 9.53 Å². The van der Waals surface area contributed by atoms with Gasteiger partial charge >= 0.3 is 0 Å². The summed E-state index contributed by atoms with van der Waals surface area (Å²) in [6.45, 7) is 6.95. The van der Waals surface area contributed by atoms with E-state index in [1.54, 1.807) is 91.0 Å². The predicted octanol–water partition coefficient (Wildman–Crippen LogP) is 8.39. The van der Waals surface area contributed by atoms with Crippen molar-refractivity contribution in [1.82, 2.24) is 40.6 Å². The molecule has 13 nitrogen and oxygen atoms in total. The summed E-state index contributed by atoms with van der Waals surface area (Å²) in [7, 11) is 0. The number of benzene rings is 1. The molecular formula is C43H52N10O3S. The average Bonchev–Trinajstić information content (AvgIpc) is 4.18. The maximum Gasteiger partial charge on any atom is 0.157 e. The van der Waals surface area contributed by atoms with Crippen LogP contribution < -0.4 is 5.32 Å². The second-order valence-electron chi connectivity index (χ2n) is 10.6. The third kappa shape index (κ3) is 40.4. The highest BCUT2D eigenvalue weighted by Gasteiger charge is 2.10. The van der Waals surface area contributed by atoms with Gasteiger partial charge in [0, 0.05) is 99.1 Å². The van der Waals surface area contributed by atoms with E-state index in [1.165, 1.54) is 31.9 Å². The Bertz CT molecular complexity index is 1380. The number of aromatic nitrogens is 7. The molecule has 0 atom stereocenters. The number of carbonyl (C=O) groups excluding carboxylic acids is 1. The molecule has 0 radical (unpaired) electrons. The first-order chi connectivity index (χ1) is 28.3. The standard InChI is InChI=1S/C6H6.C5H7NO.C5H5N.C5H10O.2C4H4N2.2C4H5N.C3H3NO.C3H3NS/c1-2-4-6-5-3-1;1-4-2-5(7)3-6-4;2*1-2-4-6-5-3-1;1-2-5-4-6-3-1;1-2-4-6-5-3-1;3*1-2-4-5-3-1;1-2-5-3-4-1/h1-6H;6H,1-3H2;1-5H;1-5H2;2*1-4H;1,3-4H,2H2;1-3H,4H2;2*1-3H. The average molecular weight is 789 g/mol. The molecule has 0 saturated carbocycles. The summed E-state index contributed by atoms with van der Waals surface area (Å²) >= 11 is 1.60. The van der Waals surface area contributed by atoms with Gasteiger partial charge in [-0.3, -0.25) is 24.7 Å². The van der Waals surface area contributed by atoms with Gasteiger partial charge in [-0.15, -0.1) is 11.3 Å². The zero-order valence-corrected chi connectivity index (χ0v) is 32.9. The van der Waals surface area contributed by atoms with E-state index in [0.717, 1.165) is 31.9 Å². The third-order valence-electron chi connectivity index (χ3n) is 5.99. The van der Waals surface area contributed by atoms with E-state index in [1.807, 2.05) is 96.6 Å². The number of pyridine rings is 1. The summed E-state index contributed by atoms with van der Waals surface area (Å²) in [4.78, 5) is 32.8. The van der Waals surface area contributed by atoms with Crippen molar-refractivity contribution >= 4 is 29.5 Å². The molecule has 10 rings (SSSR count). The topological polar surface area (TPSA) is 166 Å². The number of allylic oxidation sites excluding steroid dienone is 3. The molecule has 0 bridgehead atoms. The number of ether oxygens (including phenoxy) is 1. The van der Waals surface area contributed by atoms with Gasteiger partial charge < -0.3 is 14.6 Å². The zero-order valence-electron chi connectivity index (χ0n) is 32.1. The third-order valence-corrected chi connectivity index (χ3v) is 6.51. The summed E-state index contributed by atoms with van der Waals surface area (Å²) in [5, 5.41) is 15.2. The Morgan fingerprint density at radius 1 is 0.684 bits per heavy atom. The van der Waals surface area contributed by atoms with Crippen molar-refractivity contribution in [2.45, 2.75) is 32.1 Å². The molecule has 9 heterocycles. The lowest BCUT2D eigenvalue weighted by molar-refractivity contribution is -0.116. The van der Waals surface area contributed by atoms with E-state index in [2.05, 4.69) is 61.7 Å². The van der Waals surface area contributed by atoms with Gasteiger partial charge in [0.2, 0.25) is 0 Å². The Morgan fingerprint density at radius 3 is 1.53 bits per heavy atom. The minimum absolute atomic E-state index is 0.241. The van der Waals surface area contributed by atoms with E-state index in [4.69, 9.17) is 4.74 Å².